The molecule has 1 unspecified atom stereocenters. The number of piperidine rings is 1. The summed E-state index contributed by atoms with van der Waals surface area (Å²) in [7, 11) is 0. The van der Waals surface area contributed by atoms with Crippen LogP contribution in [0, 0.1) is 0 Å². The second-order valence-electron chi connectivity index (χ2n) is 3.53. The van der Waals surface area contributed by atoms with Gasteiger partial charge in [0, 0.05) is 10.9 Å². The van der Waals surface area contributed by atoms with Crippen molar-refractivity contribution in [3.63, 3.8) is 0 Å². The van der Waals surface area contributed by atoms with Gasteiger partial charge in [-0.2, -0.15) is 0 Å². The van der Waals surface area contributed by atoms with Crippen molar-refractivity contribution in [2.45, 2.75) is 25.3 Å². The van der Waals surface area contributed by atoms with Crippen LogP contribution in [0.2, 0.25) is 0 Å². The van der Waals surface area contributed by atoms with Crippen molar-refractivity contribution < 1.29 is 4.79 Å². The summed E-state index contributed by atoms with van der Waals surface area (Å²) in [6.45, 7) is 0. The number of halogens is 1. The molecule has 14 heavy (non-hydrogen) atoms. The van der Waals surface area contributed by atoms with E-state index in [2.05, 4.69) is 27.3 Å². The van der Waals surface area contributed by atoms with Crippen LogP contribution in [-0.2, 0) is 4.79 Å². The van der Waals surface area contributed by atoms with Crippen LogP contribution >= 0.6 is 15.9 Å². The van der Waals surface area contributed by atoms with E-state index < -0.39 is 0 Å². The Morgan fingerprint density at radius 2 is 2.14 bits per heavy atom. The van der Waals surface area contributed by atoms with E-state index in [0.29, 0.717) is 6.42 Å². The summed E-state index contributed by atoms with van der Waals surface area (Å²) in [6.07, 6.45) is 2.69. The monoisotopic (exact) mass is 253 g/mol. The van der Waals surface area contributed by atoms with Crippen molar-refractivity contribution in [1.82, 2.24) is 5.32 Å². The third-order valence-electron chi connectivity index (χ3n) is 2.51. The summed E-state index contributed by atoms with van der Waals surface area (Å²) < 4.78 is 1.08. The van der Waals surface area contributed by atoms with Crippen LogP contribution in [0.1, 0.15) is 30.9 Å². The van der Waals surface area contributed by atoms with Crippen LogP contribution in [0.5, 0.6) is 0 Å². The third kappa shape index (κ3) is 1.98. The molecule has 0 aromatic heterocycles. The van der Waals surface area contributed by atoms with Crippen LogP contribution < -0.4 is 5.32 Å². The maximum absolute atomic E-state index is 11.2. The highest BCUT2D eigenvalue weighted by atomic mass is 79.9. The van der Waals surface area contributed by atoms with E-state index in [4.69, 9.17) is 0 Å². The van der Waals surface area contributed by atoms with Crippen molar-refractivity contribution in [3.8, 4) is 0 Å². The average molecular weight is 254 g/mol. The number of rotatable bonds is 1. The Morgan fingerprint density at radius 1 is 1.36 bits per heavy atom. The molecule has 2 rings (SSSR count). The normalized spacial score (nSPS) is 21.8. The molecular weight excluding hydrogens is 242 g/mol. The van der Waals surface area contributed by atoms with E-state index in [-0.39, 0.29) is 11.9 Å². The molecule has 0 saturated carbocycles. The zero-order valence-corrected chi connectivity index (χ0v) is 9.38. The van der Waals surface area contributed by atoms with Gasteiger partial charge < -0.3 is 5.32 Å². The first-order valence-corrected chi connectivity index (χ1v) is 5.60. The maximum atomic E-state index is 11.2. The first-order valence-electron chi connectivity index (χ1n) is 4.81. The van der Waals surface area contributed by atoms with Gasteiger partial charge in [-0.05, 0) is 24.5 Å². The molecule has 0 bridgehead atoms. The summed E-state index contributed by atoms with van der Waals surface area (Å²) in [5.41, 5.74) is 1.18. The van der Waals surface area contributed by atoms with E-state index in [9.17, 15) is 4.79 Å². The van der Waals surface area contributed by atoms with Gasteiger partial charge >= 0.3 is 0 Å². The lowest BCUT2D eigenvalue weighted by Gasteiger charge is -2.24. The van der Waals surface area contributed by atoms with Crippen LogP contribution in [-0.4, -0.2) is 5.91 Å². The smallest absolute Gasteiger partial charge is 0.220 e. The van der Waals surface area contributed by atoms with Gasteiger partial charge in [-0.15, -0.1) is 0 Å². The Balaban J connectivity index is 2.22. The second-order valence-corrected chi connectivity index (χ2v) is 4.39. The number of carbonyl (C=O) groups excluding carboxylic acids is 1. The van der Waals surface area contributed by atoms with Gasteiger partial charge in [-0.3, -0.25) is 4.79 Å². The summed E-state index contributed by atoms with van der Waals surface area (Å²) in [4.78, 5) is 11.2. The molecule has 1 amide bonds. The van der Waals surface area contributed by atoms with E-state index in [1.165, 1.54) is 5.56 Å². The minimum Gasteiger partial charge on any atom is -0.349 e. The summed E-state index contributed by atoms with van der Waals surface area (Å²) in [6, 6.07) is 8.24. The van der Waals surface area contributed by atoms with Crippen molar-refractivity contribution in [2.75, 3.05) is 0 Å². The van der Waals surface area contributed by atoms with E-state index in [1.54, 1.807) is 0 Å². The fourth-order valence-electron chi connectivity index (χ4n) is 1.80. The number of hydrogen-bond acceptors (Lipinski definition) is 1. The second kappa shape index (κ2) is 4.13. The van der Waals surface area contributed by atoms with Crippen molar-refractivity contribution >= 4 is 21.8 Å². The Labute approximate surface area is 91.8 Å². The molecule has 1 saturated heterocycles. The zero-order valence-electron chi connectivity index (χ0n) is 7.79. The lowest BCUT2D eigenvalue weighted by atomic mass is 9.97. The van der Waals surface area contributed by atoms with Crippen LogP contribution in [0.25, 0.3) is 0 Å². The van der Waals surface area contributed by atoms with Crippen LogP contribution in [0.15, 0.2) is 28.7 Å². The van der Waals surface area contributed by atoms with E-state index in [0.717, 1.165) is 17.3 Å². The Morgan fingerprint density at radius 3 is 2.86 bits per heavy atom. The SMILES string of the molecule is O=C1CCCC(c2ccccc2Br)N1. The maximum Gasteiger partial charge on any atom is 0.220 e. The topological polar surface area (TPSA) is 29.1 Å². The average Bonchev–Trinajstić information content (AvgIpc) is 2.18. The van der Waals surface area contributed by atoms with Crippen molar-refractivity contribution in [3.05, 3.63) is 34.3 Å². The Kier molecular flexibility index (Phi) is 2.87. The highest BCUT2D eigenvalue weighted by Gasteiger charge is 2.20. The predicted octanol–water partition coefficient (Wildman–Crippen LogP) is 2.79. The summed E-state index contributed by atoms with van der Waals surface area (Å²) in [5, 5.41) is 3.00. The largest absolute Gasteiger partial charge is 0.349 e. The van der Waals surface area contributed by atoms with Gasteiger partial charge in [0.05, 0.1) is 6.04 Å². The van der Waals surface area contributed by atoms with Crippen LogP contribution in [0.4, 0.5) is 0 Å². The molecule has 1 atom stereocenters. The van der Waals surface area contributed by atoms with Gasteiger partial charge in [0.2, 0.25) is 5.91 Å². The predicted molar refractivity (Wildman–Crippen MR) is 58.9 cm³/mol. The fraction of sp³-hybridized carbons (Fsp3) is 0.364. The first-order chi connectivity index (χ1) is 6.77. The van der Waals surface area contributed by atoms with Gasteiger partial charge in [0.25, 0.3) is 0 Å². The van der Waals surface area contributed by atoms with E-state index >= 15 is 0 Å². The van der Waals surface area contributed by atoms with Gasteiger partial charge in [-0.25, -0.2) is 0 Å². The highest BCUT2D eigenvalue weighted by molar-refractivity contribution is 9.10. The van der Waals surface area contributed by atoms with Crippen molar-refractivity contribution in [1.29, 1.82) is 0 Å². The minimum atomic E-state index is 0.164. The molecule has 2 nitrogen and oxygen atoms in total. The molecule has 3 heteroatoms. The zero-order chi connectivity index (χ0) is 9.97. The number of amides is 1. The molecule has 0 spiro atoms. The lowest BCUT2D eigenvalue weighted by Crippen LogP contribution is -2.32. The first kappa shape index (κ1) is 9.71. The third-order valence-corrected chi connectivity index (χ3v) is 3.23. The molecule has 1 aliphatic heterocycles. The quantitative estimate of drug-likeness (QED) is 0.820. The number of nitrogens with one attached hydrogen (secondary N) is 1. The van der Waals surface area contributed by atoms with Crippen LogP contribution in [0.3, 0.4) is 0 Å². The molecule has 1 aromatic carbocycles. The number of benzene rings is 1. The molecular formula is C11H12BrNO. The van der Waals surface area contributed by atoms with Gasteiger partial charge in [-0.1, -0.05) is 34.1 Å². The molecule has 1 fully saturated rings. The van der Waals surface area contributed by atoms with Gasteiger partial charge in [0.15, 0.2) is 0 Å². The molecule has 74 valence electrons. The molecule has 1 heterocycles. The highest BCUT2D eigenvalue weighted by Crippen LogP contribution is 2.28. The molecule has 0 aliphatic carbocycles. The summed E-state index contributed by atoms with van der Waals surface area (Å²) in [5.74, 6) is 0.164. The molecule has 0 radical (unpaired) electrons. The fourth-order valence-corrected chi connectivity index (χ4v) is 2.36. The lowest BCUT2D eigenvalue weighted by molar-refractivity contribution is -0.123. The standard InChI is InChI=1S/C11H12BrNO/c12-9-5-2-1-4-8(9)10-6-3-7-11(14)13-10/h1-2,4-5,10H,3,6-7H2,(H,13,14). The Hall–Kier alpha value is -0.830. The van der Waals surface area contributed by atoms with Crippen molar-refractivity contribution in [2.24, 2.45) is 0 Å². The van der Waals surface area contributed by atoms with Gasteiger partial charge in [0.1, 0.15) is 0 Å². The molecule has 1 N–H and O–H groups in total. The minimum absolute atomic E-state index is 0.164. The Bertz CT molecular complexity index is 351. The summed E-state index contributed by atoms with van der Waals surface area (Å²) >= 11 is 3.50. The number of carbonyl (C=O) groups is 1. The molecule has 1 aromatic rings. The number of hydrogen-bond donors (Lipinski definition) is 1. The van der Waals surface area contributed by atoms with E-state index in [1.807, 2.05) is 18.2 Å². The molecule has 1 aliphatic rings.